The second-order valence-electron chi connectivity index (χ2n) is 8.90. The van der Waals surface area contributed by atoms with Crippen LogP contribution in [0.2, 0.25) is 0 Å². The summed E-state index contributed by atoms with van der Waals surface area (Å²) in [6.07, 6.45) is 1.36. The molecule has 41 heavy (non-hydrogen) atoms. The van der Waals surface area contributed by atoms with E-state index in [1.165, 1.54) is 0 Å². The first-order valence-corrected chi connectivity index (χ1v) is 16.8. The number of methoxy groups -OCH3 is 1. The van der Waals surface area contributed by atoms with Crippen molar-refractivity contribution in [3.8, 4) is 5.75 Å². The molecule has 4 aromatic rings. The Kier molecular flexibility index (Phi) is 10.3. The van der Waals surface area contributed by atoms with Crippen molar-refractivity contribution in [3.05, 3.63) is 66.5 Å². The van der Waals surface area contributed by atoms with Crippen LogP contribution in [0.15, 0.2) is 54.9 Å². The highest BCUT2D eigenvalue weighted by Gasteiger charge is 2.38. The van der Waals surface area contributed by atoms with Gasteiger partial charge in [-0.05, 0) is 69.2 Å². The number of fused-ring (bicyclic) bond motifs is 1. The Balaban J connectivity index is 1.55. The van der Waals surface area contributed by atoms with Gasteiger partial charge in [0.1, 0.15) is 11.7 Å². The predicted molar refractivity (Wildman–Crippen MR) is 156 cm³/mol. The number of hydrogen-bond donors (Lipinski definition) is 1. The summed E-state index contributed by atoms with van der Waals surface area (Å²) in [4.78, 5) is 12.3. The summed E-state index contributed by atoms with van der Waals surface area (Å²) in [7, 11) is -5.61. The highest BCUT2D eigenvalue weighted by Crippen LogP contribution is 2.62. The summed E-state index contributed by atoms with van der Waals surface area (Å²) < 4.78 is 64.8. The van der Waals surface area contributed by atoms with E-state index in [0.29, 0.717) is 35.1 Å². The summed E-state index contributed by atoms with van der Waals surface area (Å²) in [5, 5.41) is 3.42. The van der Waals surface area contributed by atoms with Crippen LogP contribution in [0.5, 0.6) is 5.75 Å². The van der Waals surface area contributed by atoms with Crippen LogP contribution in [0.3, 0.4) is 0 Å². The number of aromatic nitrogens is 4. The minimum atomic E-state index is -3.64. The SMILES string of the molecule is CCOP(=O)(CP(=O)(OCC)c1ccc(Nc2nc(F)nc3c2ncn3CCc2cccc(OC)c2)cc1)OCC. The van der Waals surface area contributed by atoms with Crippen LogP contribution in [-0.2, 0) is 35.7 Å². The number of hydrogen-bond acceptors (Lipinski definition) is 10. The summed E-state index contributed by atoms with van der Waals surface area (Å²) in [5.41, 5.74) is 2.35. The van der Waals surface area contributed by atoms with Gasteiger partial charge in [0, 0.05) is 17.5 Å². The quantitative estimate of drug-likeness (QED) is 0.125. The molecular formula is C27H34FN5O6P2. The first-order valence-electron chi connectivity index (χ1n) is 13.2. The lowest BCUT2D eigenvalue weighted by Gasteiger charge is -2.23. The maximum atomic E-state index is 14.5. The Bertz CT molecular complexity index is 1560. The molecule has 2 aromatic carbocycles. The van der Waals surface area contributed by atoms with Crippen molar-refractivity contribution in [3.63, 3.8) is 0 Å². The molecular weight excluding hydrogens is 571 g/mol. The van der Waals surface area contributed by atoms with Gasteiger partial charge in [-0.25, -0.2) is 4.98 Å². The number of nitrogens with one attached hydrogen (secondary N) is 1. The molecule has 4 rings (SSSR count). The number of anilines is 2. The van der Waals surface area contributed by atoms with Gasteiger partial charge in [-0.15, -0.1) is 0 Å². The van der Waals surface area contributed by atoms with Crippen LogP contribution in [0, 0.1) is 6.08 Å². The molecule has 0 radical (unpaired) electrons. The fourth-order valence-electron chi connectivity index (χ4n) is 4.30. The fraction of sp³-hybridized carbons (Fsp3) is 0.370. The molecule has 0 aliphatic rings. The van der Waals surface area contributed by atoms with Crippen LogP contribution < -0.4 is 15.4 Å². The van der Waals surface area contributed by atoms with Crippen LogP contribution >= 0.6 is 15.0 Å². The standard InChI is InChI=1S/C27H34FN5O6P2/c1-5-37-40(34,19-41(35,38-6-2)39-7-3)23-13-11-21(12-14-23)30-25-24-26(32-27(28)31-25)33(18-29-24)16-15-20-9-8-10-22(17-20)36-4/h8-14,17-18H,5-7,15-16,19H2,1-4H3,(H,30,31,32). The molecule has 220 valence electrons. The lowest BCUT2D eigenvalue weighted by atomic mass is 10.1. The van der Waals surface area contributed by atoms with Gasteiger partial charge in [-0.3, -0.25) is 9.13 Å². The summed E-state index contributed by atoms with van der Waals surface area (Å²) >= 11 is 0. The fourth-order valence-corrected chi connectivity index (χ4v) is 9.79. The monoisotopic (exact) mass is 605 g/mol. The number of aryl methyl sites for hydroxylation is 2. The van der Waals surface area contributed by atoms with Gasteiger partial charge >= 0.3 is 13.7 Å². The number of imidazole rings is 1. The van der Waals surface area contributed by atoms with E-state index in [1.807, 2.05) is 24.3 Å². The largest absolute Gasteiger partial charge is 0.497 e. The smallest absolute Gasteiger partial charge is 0.340 e. The molecule has 0 spiro atoms. The Morgan fingerprint density at radius 3 is 2.32 bits per heavy atom. The minimum Gasteiger partial charge on any atom is -0.497 e. The Morgan fingerprint density at radius 2 is 1.66 bits per heavy atom. The minimum absolute atomic E-state index is 0.146. The third-order valence-electron chi connectivity index (χ3n) is 6.08. The summed E-state index contributed by atoms with van der Waals surface area (Å²) in [5.74, 6) is 0.567. The maximum Gasteiger partial charge on any atom is 0.340 e. The normalized spacial score (nSPS) is 13.3. The van der Waals surface area contributed by atoms with Gasteiger partial charge in [-0.2, -0.15) is 14.4 Å². The zero-order valence-corrected chi connectivity index (χ0v) is 25.2. The number of halogens is 1. The molecule has 2 aromatic heterocycles. The first-order chi connectivity index (χ1) is 19.7. The van der Waals surface area contributed by atoms with Gasteiger partial charge in [0.2, 0.25) is 7.37 Å². The molecule has 0 aliphatic heterocycles. The van der Waals surface area contributed by atoms with Crippen LogP contribution in [0.25, 0.3) is 11.2 Å². The van der Waals surface area contributed by atoms with E-state index in [2.05, 4.69) is 20.3 Å². The average molecular weight is 606 g/mol. The molecule has 0 aliphatic carbocycles. The van der Waals surface area contributed by atoms with E-state index in [0.717, 1.165) is 11.3 Å². The van der Waals surface area contributed by atoms with Gasteiger partial charge in [0.05, 0.1) is 33.3 Å². The molecule has 1 atom stereocenters. The van der Waals surface area contributed by atoms with Crippen molar-refractivity contribution in [2.45, 2.75) is 33.7 Å². The third-order valence-corrected chi connectivity index (χ3v) is 12.0. The van der Waals surface area contributed by atoms with Crippen LogP contribution in [-0.4, -0.2) is 52.4 Å². The number of rotatable bonds is 15. The highest BCUT2D eigenvalue weighted by molar-refractivity contribution is 7.78. The van der Waals surface area contributed by atoms with E-state index in [9.17, 15) is 13.5 Å². The van der Waals surface area contributed by atoms with Crippen molar-refractivity contribution in [2.24, 2.45) is 0 Å². The summed E-state index contributed by atoms with van der Waals surface area (Å²) in [6, 6.07) is 14.2. The van der Waals surface area contributed by atoms with Crippen molar-refractivity contribution in [1.29, 1.82) is 0 Å². The molecule has 0 saturated heterocycles. The molecule has 1 unspecified atom stereocenters. The third kappa shape index (κ3) is 7.58. The van der Waals surface area contributed by atoms with Crippen LogP contribution in [0.1, 0.15) is 26.3 Å². The van der Waals surface area contributed by atoms with E-state index >= 15 is 0 Å². The Hall–Kier alpha value is -3.14. The molecule has 0 fully saturated rings. The van der Waals surface area contributed by atoms with E-state index in [-0.39, 0.29) is 31.5 Å². The molecule has 0 amide bonds. The van der Waals surface area contributed by atoms with Crippen molar-refractivity contribution >= 4 is 42.9 Å². The zero-order chi connectivity index (χ0) is 29.5. The van der Waals surface area contributed by atoms with E-state index < -0.39 is 21.0 Å². The Labute approximate surface area is 238 Å². The van der Waals surface area contributed by atoms with Crippen molar-refractivity contribution in [1.82, 2.24) is 19.5 Å². The average Bonchev–Trinajstić information content (AvgIpc) is 3.35. The molecule has 14 heteroatoms. The van der Waals surface area contributed by atoms with Gasteiger partial charge in [0.25, 0.3) is 0 Å². The van der Waals surface area contributed by atoms with Gasteiger partial charge in [-0.1, -0.05) is 12.1 Å². The first kappa shape index (κ1) is 30.8. The summed E-state index contributed by atoms with van der Waals surface area (Å²) in [6.45, 7) is 6.05. The molecule has 11 nitrogen and oxygen atoms in total. The molecule has 2 heterocycles. The van der Waals surface area contributed by atoms with Crippen molar-refractivity contribution < 1.29 is 31.8 Å². The topological polar surface area (TPSA) is 127 Å². The predicted octanol–water partition coefficient (Wildman–Crippen LogP) is 6.12. The molecule has 1 N–H and O–H groups in total. The van der Waals surface area contributed by atoms with Gasteiger partial charge in [0.15, 0.2) is 17.0 Å². The zero-order valence-electron chi connectivity index (χ0n) is 23.4. The molecule has 0 saturated carbocycles. The second kappa shape index (κ2) is 13.7. The maximum absolute atomic E-state index is 14.5. The second-order valence-corrected chi connectivity index (χ2v) is 13.9. The molecule has 0 bridgehead atoms. The lowest BCUT2D eigenvalue weighted by molar-refractivity contribution is 0.222. The number of ether oxygens (including phenoxy) is 1. The number of benzene rings is 2. The van der Waals surface area contributed by atoms with Crippen molar-refractivity contribution in [2.75, 3.05) is 38.2 Å². The van der Waals surface area contributed by atoms with Crippen LogP contribution in [0.4, 0.5) is 15.9 Å². The highest BCUT2D eigenvalue weighted by atomic mass is 31.2. The van der Waals surface area contributed by atoms with E-state index in [4.69, 9.17) is 18.3 Å². The number of nitrogens with zero attached hydrogens (tertiary/aromatic N) is 4. The lowest BCUT2D eigenvalue weighted by Crippen LogP contribution is -2.13. The van der Waals surface area contributed by atoms with E-state index in [1.54, 1.807) is 63.0 Å². The van der Waals surface area contributed by atoms with Gasteiger partial charge < -0.3 is 28.2 Å². The Morgan fingerprint density at radius 1 is 0.951 bits per heavy atom.